The van der Waals surface area contributed by atoms with E-state index in [0.717, 1.165) is 17.3 Å². The summed E-state index contributed by atoms with van der Waals surface area (Å²) in [4.78, 5) is 17.4. The summed E-state index contributed by atoms with van der Waals surface area (Å²) in [5.41, 5.74) is 6.22. The number of imidazole rings is 1. The quantitative estimate of drug-likeness (QED) is 0.845. The molecule has 0 aliphatic rings. The lowest BCUT2D eigenvalue weighted by Crippen LogP contribution is -2.28. The summed E-state index contributed by atoms with van der Waals surface area (Å²) in [6, 6.07) is 7.62. The standard InChI is InChI=1S/C15H19ClN4O2/c1-19-13(16)9-18-15(19)10-20(8-7-14(17)21)11-3-5-12(22-2)6-4-11/h3-6,9H,7-8,10H2,1-2H3,(H2,17,21). The van der Waals surface area contributed by atoms with Crippen molar-refractivity contribution in [1.29, 1.82) is 0 Å². The fourth-order valence-electron chi connectivity index (χ4n) is 2.08. The van der Waals surface area contributed by atoms with E-state index in [1.165, 1.54) is 0 Å². The molecule has 0 aliphatic heterocycles. The van der Waals surface area contributed by atoms with Crippen molar-refractivity contribution in [1.82, 2.24) is 9.55 Å². The molecule has 1 heterocycles. The van der Waals surface area contributed by atoms with Crippen molar-refractivity contribution in [3.05, 3.63) is 41.4 Å². The van der Waals surface area contributed by atoms with Crippen molar-refractivity contribution in [2.24, 2.45) is 12.8 Å². The number of anilines is 1. The van der Waals surface area contributed by atoms with Crippen molar-refractivity contribution in [2.75, 3.05) is 18.6 Å². The first-order chi connectivity index (χ1) is 10.5. The van der Waals surface area contributed by atoms with Crippen molar-refractivity contribution in [3.63, 3.8) is 0 Å². The number of carbonyl (C=O) groups excluding carboxylic acids is 1. The summed E-state index contributed by atoms with van der Waals surface area (Å²) in [7, 11) is 3.47. The van der Waals surface area contributed by atoms with E-state index in [9.17, 15) is 4.79 Å². The van der Waals surface area contributed by atoms with Crippen molar-refractivity contribution in [2.45, 2.75) is 13.0 Å². The number of benzene rings is 1. The van der Waals surface area contributed by atoms with Crippen LogP contribution in [0.1, 0.15) is 12.2 Å². The van der Waals surface area contributed by atoms with E-state index < -0.39 is 0 Å². The fourth-order valence-corrected chi connectivity index (χ4v) is 2.23. The van der Waals surface area contributed by atoms with Gasteiger partial charge < -0.3 is 19.9 Å². The number of carbonyl (C=O) groups is 1. The Bertz CT molecular complexity index is 639. The molecule has 2 aromatic rings. The highest BCUT2D eigenvalue weighted by Crippen LogP contribution is 2.22. The highest BCUT2D eigenvalue weighted by atomic mass is 35.5. The minimum Gasteiger partial charge on any atom is -0.497 e. The van der Waals surface area contributed by atoms with Crippen molar-refractivity contribution < 1.29 is 9.53 Å². The van der Waals surface area contributed by atoms with Crippen LogP contribution >= 0.6 is 11.6 Å². The van der Waals surface area contributed by atoms with Gasteiger partial charge in [0, 0.05) is 25.7 Å². The topological polar surface area (TPSA) is 73.4 Å². The van der Waals surface area contributed by atoms with Gasteiger partial charge in [-0.15, -0.1) is 0 Å². The van der Waals surface area contributed by atoms with Crippen LogP contribution in [0.3, 0.4) is 0 Å². The summed E-state index contributed by atoms with van der Waals surface area (Å²) >= 11 is 6.02. The van der Waals surface area contributed by atoms with Gasteiger partial charge in [-0.2, -0.15) is 0 Å². The third kappa shape index (κ3) is 3.92. The molecule has 7 heteroatoms. The highest BCUT2D eigenvalue weighted by molar-refractivity contribution is 6.29. The minimum absolute atomic E-state index is 0.268. The molecule has 2 rings (SSSR count). The second-order valence-corrected chi connectivity index (χ2v) is 5.28. The van der Waals surface area contributed by atoms with Crippen molar-refractivity contribution >= 4 is 23.2 Å². The lowest BCUT2D eigenvalue weighted by molar-refractivity contribution is -0.117. The van der Waals surface area contributed by atoms with Crippen LogP contribution in [0.25, 0.3) is 0 Å². The largest absolute Gasteiger partial charge is 0.497 e. The number of halogens is 1. The van der Waals surface area contributed by atoms with Crippen LogP contribution in [0.4, 0.5) is 5.69 Å². The predicted molar refractivity (Wildman–Crippen MR) is 86.1 cm³/mol. The van der Waals surface area contributed by atoms with Gasteiger partial charge in [-0.3, -0.25) is 4.79 Å². The number of amides is 1. The lowest BCUT2D eigenvalue weighted by atomic mass is 10.2. The SMILES string of the molecule is COc1ccc(N(CCC(N)=O)Cc2ncc(Cl)n2C)cc1. The number of nitrogens with two attached hydrogens (primary N) is 1. The molecule has 1 amide bonds. The first-order valence-corrected chi connectivity index (χ1v) is 7.22. The number of primary amides is 1. The van der Waals surface area contributed by atoms with Crippen LogP contribution < -0.4 is 15.4 Å². The number of rotatable bonds is 7. The van der Waals surface area contributed by atoms with E-state index in [1.54, 1.807) is 13.3 Å². The summed E-state index contributed by atoms with van der Waals surface area (Å²) in [5.74, 6) is 1.25. The van der Waals surface area contributed by atoms with E-state index in [2.05, 4.69) is 4.98 Å². The third-order valence-electron chi connectivity index (χ3n) is 3.43. The van der Waals surface area contributed by atoms with E-state index in [-0.39, 0.29) is 12.3 Å². The third-order valence-corrected chi connectivity index (χ3v) is 3.78. The van der Waals surface area contributed by atoms with Crippen LogP contribution in [0, 0.1) is 0 Å². The molecular weight excluding hydrogens is 304 g/mol. The second kappa shape index (κ2) is 7.17. The molecule has 22 heavy (non-hydrogen) atoms. The molecule has 0 bridgehead atoms. The molecule has 1 aromatic heterocycles. The van der Waals surface area contributed by atoms with Gasteiger partial charge in [-0.25, -0.2) is 4.98 Å². The summed E-state index contributed by atoms with van der Waals surface area (Å²) in [5, 5.41) is 0.569. The van der Waals surface area contributed by atoms with Gasteiger partial charge in [0.05, 0.1) is 19.9 Å². The molecule has 0 aliphatic carbocycles. The molecule has 0 atom stereocenters. The summed E-state index contributed by atoms with van der Waals surface area (Å²) in [6.45, 7) is 1.04. The maximum atomic E-state index is 11.1. The molecule has 118 valence electrons. The van der Waals surface area contributed by atoms with Crippen LogP contribution in [0.15, 0.2) is 30.5 Å². The van der Waals surface area contributed by atoms with Gasteiger partial charge in [0.1, 0.15) is 16.7 Å². The molecule has 0 fully saturated rings. The Morgan fingerprint density at radius 1 is 1.41 bits per heavy atom. The average Bonchev–Trinajstić information content (AvgIpc) is 2.83. The first-order valence-electron chi connectivity index (χ1n) is 6.84. The van der Waals surface area contributed by atoms with Crippen molar-refractivity contribution in [3.8, 4) is 5.75 Å². The Hall–Kier alpha value is -2.21. The summed E-state index contributed by atoms with van der Waals surface area (Å²) in [6.07, 6.45) is 1.88. The van der Waals surface area contributed by atoms with Crippen LogP contribution in [0.2, 0.25) is 5.15 Å². The molecule has 6 nitrogen and oxygen atoms in total. The number of hydrogen-bond acceptors (Lipinski definition) is 4. The maximum Gasteiger partial charge on any atom is 0.219 e. The van der Waals surface area contributed by atoms with Gasteiger partial charge in [-0.05, 0) is 24.3 Å². The van der Waals surface area contributed by atoms with E-state index in [1.807, 2.05) is 40.8 Å². The molecule has 1 aromatic carbocycles. The number of methoxy groups -OCH3 is 1. The Labute approximate surface area is 134 Å². The molecule has 0 spiro atoms. The zero-order valence-electron chi connectivity index (χ0n) is 12.6. The Morgan fingerprint density at radius 3 is 2.59 bits per heavy atom. The Kier molecular flexibility index (Phi) is 5.27. The molecule has 0 saturated carbocycles. The fraction of sp³-hybridized carbons (Fsp3) is 0.333. The molecular formula is C15H19ClN4O2. The molecule has 0 saturated heterocycles. The number of hydrogen-bond donors (Lipinski definition) is 1. The normalized spacial score (nSPS) is 10.5. The van der Waals surface area contributed by atoms with Crippen LogP contribution in [-0.2, 0) is 18.4 Å². The average molecular weight is 323 g/mol. The second-order valence-electron chi connectivity index (χ2n) is 4.89. The van der Waals surface area contributed by atoms with Gasteiger partial charge in [0.2, 0.25) is 5.91 Å². The predicted octanol–water partition coefficient (Wildman–Crippen LogP) is 1.96. The van der Waals surface area contributed by atoms with Crippen LogP contribution in [0.5, 0.6) is 5.75 Å². The Balaban J connectivity index is 2.21. The number of ether oxygens (including phenoxy) is 1. The summed E-state index contributed by atoms with van der Waals surface area (Å²) < 4.78 is 6.97. The molecule has 0 radical (unpaired) electrons. The molecule has 0 unspecified atom stereocenters. The lowest BCUT2D eigenvalue weighted by Gasteiger charge is -2.24. The Morgan fingerprint density at radius 2 is 2.09 bits per heavy atom. The smallest absolute Gasteiger partial charge is 0.219 e. The first kappa shape index (κ1) is 16.2. The van der Waals surface area contributed by atoms with Gasteiger partial charge in [0.25, 0.3) is 0 Å². The molecule has 2 N–H and O–H groups in total. The van der Waals surface area contributed by atoms with E-state index in [4.69, 9.17) is 22.1 Å². The zero-order valence-corrected chi connectivity index (χ0v) is 13.4. The monoisotopic (exact) mass is 322 g/mol. The highest BCUT2D eigenvalue weighted by Gasteiger charge is 2.13. The number of aromatic nitrogens is 2. The van der Waals surface area contributed by atoms with Gasteiger partial charge >= 0.3 is 0 Å². The zero-order chi connectivity index (χ0) is 16.1. The van der Waals surface area contributed by atoms with E-state index in [0.29, 0.717) is 18.2 Å². The maximum absolute atomic E-state index is 11.1. The van der Waals surface area contributed by atoms with Gasteiger partial charge in [0.15, 0.2) is 0 Å². The van der Waals surface area contributed by atoms with Crippen LogP contribution in [-0.4, -0.2) is 29.1 Å². The minimum atomic E-state index is -0.337. The van der Waals surface area contributed by atoms with Gasteiger partial charge in [-0.1, -0.05) is 11.6 Å². The van der Waals surface area contributed by atoms with E-state index >= 15 is 0 Å². The number of nitrogens with zero attached hydrogens (tertiary/aromatic N) is 3.